The van der Waals surface area contributed by atoms with Gasteiger partial charge < -0.3 is 10.2 Å². The van der Waals surface area contributed by atoms with E-state index in [0.29, 0.717) is 12.0 Å². The first-order valence-corrected chi connectivity index (χ1v) is 8.49. The number of anilines is 1. The Morgan fingerprint density at radius 2 is 2.00 bits per heavy atom. The van der Waals surface area contributed by atoms with E-state index in [4.69, 9.17) is 0 Å². The van der Waals surface area contributed by atoms with E-state index >= 15 is 0 Å². The van der Waals surface area contributed by atoms with Gasteiger partial charge in [0.1, 0.15) is 5.82 Å². The minimum atomic E-state index is 0.651. The highest BCUT2D eigenvalue weighted by atomic mass is 15.2. The molecule has 1 fully saturated rings. The minimum absolute atomic E-state index is 0.651. The molecule has 21 heavy (non-hydrogen) atoms. The molecule has 118 valence electrons. The molecular weight excluding hydrogens is 260 g/mol. The Kier molecular flexibility index (Phi) is 6.43. The van der Waals surface area contributed by atoms with Crippen LogP contribution in [0.25, 0.3) is 0 Å². The van der Waals surface area contributed by atoms with Crippen molar-refractivity contribution in [3.63, 3.8) is 0 Å². The molecule has 1 N–H and O–H groups in total. The Balaban J connectivity index is 2.01. The van der Waals surface area contributed by atoms with Crippen LogP contribution in [0.2, 0.25) is 0 Å². The van der Waals surface area contributed by atoms with Crippen LogP contribution in [0.4, 0.5) is 5.82 Å². The van der Waals surface area contributed by atoms with Crippen LogP contribution < -0.4 is 10.2 Å². The minimum Gasteiger partial charge on any atom is -0.352 e. The number of nitrogens with one attached hydrogen (secondary N) is 1. The SMILES string of the molecule is CCCNCc1cnc(N(CC(C)C)C2CCCC2)cn1. The van der Waals surface area contributed by atoms with Gasteiger partial charge in [-0.05, 0) is 31.7 Å². The van der Waals surface area contributed by atoms with Gasteiger partial charge in [-0.2, -0.15) is 0 Å². The molecule has 1 aliphatic carbocycles. The Morgan fingerprint density at radius 3 is 2.57 bits per heavy atom. The average Bonchev–Trinajstić information content (AvgIpc) is 3.00. The molecule has 0 aliphatic heterocycles. The Morgan fingerprint density at radius 1 is 1.24 bits per heavy atom. The van der Waals surface area contributed by atoms with Crippen molar-refractivity contribution < 1.29 is 0 Å². The van der Waals surface area contributed by atoms with Crippen molar-refractivity contribution in [1.29, 1.82) is 0 Å². The molecular formula is C17H30N4. The van der Waals surface area contributed by atoms with E-state index < -0.39 is 0 Å². The molecule has 1 heterocycles. The van der Waals surface area contributed by atoms with Crippen molar-refractivity contribution in [3.05, 3.63) is 18.1 Å². The van der Waals surface area contributed by atoms with Crippen molar-refractivity contribution in [3.8, 4) is 0 Å². The molecule has 4 heteroatoms. The zero-order chi connectivity index (χ0) is 15.1. The van der Waals surface area contributed by atoms with E-state index in [2.05, 4.69) is 41.0 Å². The molecule has 0 bridgehead atoms. The summed E-state index contributed by atoms with van der Waals surface area (Å²) in [5, 5.41) is 3.37. The summed E-state index contributed by atoms with van der Waals surface area (Å²) in [5.41, 5.74) is 1.03. The molecule has 0 unspecified atom stereocenters. The van der Waals surface area contributed by atoms with Gasteiger partial charge >= 0.3 is 0 Å². The van der Waals surface area contributed by atoms with Crippen molar-refractivity contribution >= 4 is 5.82 Å². The van der Waals surface area contributed by atoms with E-state index in [1.54, 1.807) is 0 Å². The summed E-state index contributed by atoms with van der Waals surface area (Å²) in [7, 11) is 0. The lowest BCUT2D eigenvalue weighted by Crippen LogP contribution is -2.37. The van der Waals surface area contributed by atoms with Crippen molar-refractivity contribution in [1.82, 2.24) is 15.3 Å². The molecule has 0 spiro atoms. The molecule has 1 aliphatic rings. The first kappa shape index (κ1) is 16.2. The molecule has 4 nitrogen and oxygen atoms in total. The standard InChI is InChI=1S/C17H30N4/c1-4-9-18-10-15-11-20-17(12-19-15)21(13-14(2)3)16-7-5-6-8-16/h11-12,14,16,18H,4-10,13H2,1-3H3. The van der Waals surface area contributed by atoms with Gasteiger partial charge in [0.15, 0.2) is 0 Å². The quantitative estimate of drug-likeness (QED) is 0.745. The molecule has 0 saturated heterocycles. The highest BCUT2D eigenvalue weighted by Crippen LogP contribution is 2.27. The molecule has 1 aromatic heterocycles. The predicted octanol–water partition coefficient (Wildman–Crippen LogP) is 3.38. The molecule has 0 atom stereocenters. The van der Waals surface area contributed by atoms with Gasteiger partial charge in [-0.15, -0.1) is 0 Å². The molecule has 2 rings (SSSR count). The summed E-state index contributed by atoms with van der Waals surface area (Å²) in [5.74, 6) is 1.70. The first-order chi connectivity index (χ1) is 10.2. The third-order valence-electron chi connectivity index (χ3n) is 4.05. The molecule has 1 aromatic rings. The van der Waals surface area contributed by atoms with Crippen LogP contribution in [0.15, 0.2) is 12.4 Å². The summed E-state index contributed by atoms with van der Waals surface area (Å²) in [6, 6.07) is 0.658. The average molecular weight is 290 g/mol. The van der Waals surface area contributed by atoms with Crippen molar-refractivity contribution in [2.24, 2.45) is 5.92 Å². The molecule has 0 radical (unpaired) electrons. The van der Waals surface area contributed by atoms with Gasteiger partial charge in [0.25, 0.3) is 0 Å². The highest BCUT2D eigenvalue weighted by molar-refractivity contribution is 5.37. The van der Waals surface area contributed by atoms with Gasteiger partial charge in [-0.1, -0.05) is 33.6 Å². The third kappa shape index (κ3) is 4.95. The van der Waals surface area contributed by atoms with Crippen molar-refractivity contribution in [2.45, 2.75) is 65.5 Å². The summed E-state index contributed by atoms with van der Waals surface area (Å²) in [6.07, 6.45) is 10.3. The maximum atomic E-state index is 4.68. The van der Waals surface area contributed by atoms with E-state index in [9.17, 15) is 0 Å². The Labute approximate surface area is 129 Å². The second-order valence-electron chi connectivity index (χ2n) is 6.53. The number of hydrogen-bond acceptors (Lipinski definition) is 4. The maximum absolute atomic E-state index is 4.68. The lowest BCUT2D eigenvalue weighted by molar-refractivity contribution is 0.530. The van der Waals surface area contributed by atoms with Crippen LogP contribution in [0.3, 0.4) is 0 Å². The summed E-state index contributed by atoms with van der Waals surface area (Å²) >= 11 is 0. The first-order valence-electron chi connectivity index (χ1n) is 8.49. The summed E-state index contributed by atoms with van der Waals surface area (Å²) in [6.45, 7) is 9.65. The summed E-state index contributed by atoms with van der Waals surface area (Å²) < 4.78 is 0. The zero-order valence-corrected chi connectivity index (χ0v) is 13.8. The van der Waals surface area contributed by atoms with Crippen LogP contribution in [-0.4, -0.2) is 29.1 Å². The third-order valence-corrected chi connectivity index (χ3v) is 4.05. The van der Waals surface area contributed by atoms with Crippen LogP contribution in [0.1, 0.15) is 58.6 Å². The van der Waals surface area contributed by atoms with Gasteiger partial charge in [0.05, 0.1) is 18.1 Å². The zero-order valence-electron chi connectivity index (χ0n) is 13.8. The Hall–Kier alpha value is -1.16. The largest absolute Gasteiger partial charge is 0.352 e. The fraction of sp³-hybridized carbons (Fsp3) is 0.765. The van der Waals surface area contributed by atoms with E-state index in [0.717, 1.165) is 37.6 Å². The predicted molar refractivity (Wildman–Crippen MR) is 88.5 cm³/mol. The number of rotatable bonds is 8. The van der Waals surface area contributed by atoms with E-state index in [1.807, 2.05) is 12.4 Å². The lowest BCUT2D eigenvalue weighted by Gasteiger charge is -2.31. The van der Waals surface area contributed by atoms with Crippen LogP contribution >= 0.6 is 0 Å². The molecule has 0 amide bonds. The normalized spacial score (nSPS) is 15.8. The lowest BCUT2D eigenvalue weighted by atomic mass is 10.1. The van der Waals surface area contributed by atoms with Gasteiger partial charge in [-0.3, -0.25) is 4.98 Å². The molecule has 1 saturated carbocycles. The van der Waals surface area contributed by atoms with Gasteiger partial charge in [0.2, 0.25) is 0 Å². The Bertz CT molecular complexity index is 396. The maximum Gasteiger partial charge on any atom is 0.147 e. The number of aromatic nitrogens is 2. The van der Waals surface area contributed by atoms with Crippen LogP contribution in [0, 0.1) is 5.92 Å². The van der Waals surface area contributed by atoms with Crippen LogP contribution in [-0.2, 0) is 6.54 Å². The highest BCUT2D eigenvalue weighted by Gasteiger charge is 2.24. The van der Waals surface area contributed by atoms with Crippen LogP contribution in [0.5, 0.6) is 0 Å². The van der Waals surface area contributed by atoms with Crippen molar-refractivity contribution in [2.75, 3.05) is 18.0 Å². The smallest absolute Gasteiger partial charge is 0.147 e. The fourth-order valence-electron chi connectivity index (χ4n) is 3.02. The fourth-order valence-corrected chi connectivity index (χ4v) is 3.02. The second-order valence-corrected chi connectivity index (χ2v) is 6.53. The second kappa shape index (κ2) is 8.32. The molecule has 0 aromatic carbocycles. The van der Waals surface area contributed by atoms with E-state index in [-0.39, 0.29) is 0 Å². The van der Waals surface area contributed by atoms with Gasteiger partial charge in [0, 0.05) is 19.1 Å². The monoisotopic (exact) mass is 290 g/mol. The number of nitrogens with zero attached hydrogens (tertiary/aromatic N) is 3. The number of hydrogen-bond donors (Lipinski definition) is 1. The van der Waals surface area contributed by atoms with E-state index in [1.165, 1.54) is 25.7 Å². The topological polar surface area (TPSA) is 41.1 Å². The summed E-state index contributed by atoms with van der Waals surface area (Å²) in [4.78, 5) is 11.7. The van der Waals surface area contributed by atoms with Gasteiger partial charge in [-0.25, -0.2) is 4.98 Å².